The van der Waals surface area contributed by atoms with Crippen LogP contribution in [0.25, 0.3) is 16.3 Å². The highest BCUT2D eigenvalue weighted by Crippen LogP contribution is 2.41. The van der Waals surface area contributed by atoms with Gasteiger partial charge in [0.2, 0.25) is 0 Å². The summed E-state index contributed by atoms with van der Waals surface area (Å²) >= 11 is 0. The van der Waals surface area contributed by atoms with E-state index in [0.717, 1.165) is 46.7 Å². The Hall–Kier alpha value is -2.13. The molecule has 2 unspecified atom stereocenters. The van der Waals surface area contributed by atoms with Crippen LogP contribution >= 0.6 is 0 Å². The first-order chi connectivity index (χ1) is 12.7. The van der Waals surface area contributed by atoms with E-state index in [4.69, 9.17) is 4.74 Å². The number of aliphatic carboxylic acids is 1. The molecule has 0 aromatic heterocycles. The fourth-order valence-electron chi connectivity index (χ4n) is 3.97. The second-order valence-corrected chi connectivity index (χ2v) is 8.76. The highest BCUT2D eigenvalue weighted by Gasteiger charge is 2.32. The number of carboxylic acid groups (broad SMARTS) is 1. The molecule has 0 aliphatic heterocycles. The van der Waals surface area contributed by atoms with Gasteiger partial charge in [-0.3, -0.25) is 0 Å². The van der Waals surface area contributed by atoms with Crippen molar-refractivity contribution in [3.63, 3.8) is 0 Å². The first kappa shape index (κ1) is 19.6. The van der Waals surface area contributed by atoms with Gasteiger partial charge in [-0.1, -0.05) is 43.3 Å². The van der Waals surface area contributed by atoms with Crippen LogP contribution in [0.5, 0.6) is 0 Å². The molecule has 0 saturated carbocycles. The summed E-state index contributed by atoms with van der Waals surface area (Å²) in [5, 5.41) is 12.3. The van der Waals surface area contributed by atoms with Gasteiger partial charge >= 0.3 is 5.97 Å². The lowest BCUT2D eigenvalue weighted by atomic mass is 9.81. The van der Waals surface area contributed by atoms with Gasteiger partial charge in [-0.05, 0) is 80.3 Å². The number of aryl methyl sites for hydroxylation is 1. The van der Waals surface area contributed by atoms with Crippen LogP contribution < -0.4 is 0 Å². The zero-order valence-electron chi connectivity index (χ0n) is 17.0. The van der Waals surface area contributed by atoms with E-state index >= 15 is 0 Å². The molecule has 3 nitrogen and oxygen atoms in total. The number of allylic oxidation sites excluding steroid dienone is 2. The van der Waals surface area contributed by atoms with Crippen molar-refractivity contribution in [2.24, 2.45) is 5.92 Å². The van der Waals surface area contributed by atoms with Gasteiger partial charge in [0, 0.05) is 5.56 Å². The molecule has 0 bridgehead atoms. The zero-order valence-corrected chi connectivity index (χ0v) is 17.0. The van der Waals surface area contributed by atoms with E-state index < -0.39 is 17.7 Å². The molecule has 1 aliphatic carbocycles. The van der Waals surface area contributed by atoms with Crippen molar-refractivity contribution in [1.29, 1.82) is 0 Å². The van der Waals surface area contributed by atoms with Crippen LogP contribution in [0.2, 0.25) is 0 Å². The zero-order chi connectivity index (χ0) is 19.8. The monoisotopic (exact) mass is 366 g/mol. The quantitative estimate of drug-likeness (QED) is 0.691. The first-order valence-electron chi connectivity index (χ1n) is 9.79. The fraction of sp³-hybridized carbons (Fsp3) is 0.458. The molecule has 3 rings (SSSR count). The van der Waals surface area contributed by atoms with Crippen LogP contribution in [0.4, 0.5) is 0 Å². The molecule has 1 N–H and O–H groups in total. The lowest BCUT2D eigenvalue weighted by Gasteiger charge is -2.30. The molecule has 2 atom stereocenters. The van der Waals surface area contributed by atoms with Crippen molar-refractivity contribution >= 4 is 22.3 Å². The summed E-state index contributed by atoms with van der Waals surface area (Å²) in [4.78, 5) is 12.2. The molecule has 3 heteroatoms. The highest BCUT2D eigenvalue weighted by atomic mass is 16.5. The molecule has 0 amide bonds. The minimum atomic E-state index is -0.982. The van der Waals surface area contributed by atoms with Gasteiger partial charge < -0.3 is 9.84 Å². The number of fused-ring (bicyclic) bond motifs is 1. The minimum Gasteiger partial charge on any atom is -0.479 e. The molecular formula is C24H30O3. The van der Waals surface area contributed by atoms with Gasteiger partial charge in [0.15, 0.2) is 6.10 Å². The average Bonchev–Trinajstić information content (AvgIpc) is 2.59. The number of ether oxygens (including phenoxy) is 1. The average molecular weight is 367 g/mol. The Morgan fingerprint density at radius 3 is 2.56 bits per heavy atom. The maximum atomic E-state index is 12.2. The van der Waals surface area contributed by atoms with E-state index in [0.29, 0.717) is 5.92 Å². The predicted molar refractivity (Wildman–Crippen MR) is 111 cm³/mol. The van der Waals surface area contributed by atoms with Gasteiger partial charge in [-0.2, -0.15) is 0 Å². The summed E-state index contributed by atoms with van der Waals surface area (Å²) in [7, 11) is 0. The molecule has 0 spiro atoms. The number of rotatable bonds is 4. The minimum absolute atomic E-state index is 0.548. The number of carboxylic acids is 1. The third-order valence-corrected chi connectivity index (χ3v) is 5.25. The van der Waals surface area contributed by atoms with Crippen LogP contribution in [0.15, 0.2) is 36.4 Å². The topological polar surface area (TPSA) is 46.5 Å². The van der Waals surface area contributed by atoms with Crippen LogP contribution in [-0.4, -0.2) is 16.7 Å². The van der Waals surface area contributed by atoms with E-state index in [2.05, 4.69) is 31.2 Å². The molecule has 0 saturated heterocycles. The third kappa shape index (κ3) is 4.24. The molecule has 2 aromatic rings. The van der Waals surface area contributed by atoms with Gasteiger partial charge in [0.25, 0.3) is 0 Å². The predicted octanol–water partition coefficient (Wildman–Crippen LogP) is 6.29. The highest BCUT2D eigenvalue weighted by molar-refractivity contribution is 5.98. The second-order valence-electron chi connectivity index (χ2n) is 8.76. The smallest absolute Gasteiger partial charge is 0.337 e. The molecule has 27 heavy (non-hydrogen) atoms. The molecule has 0 radical (unpaired) electrons. The largest absolute Gasteiger partial charge is 0.479 e. The number of hydrogen-bond donors (Lipinski definition) is 1. The van der Waals surface area contributed by atoms with E-state index in [-0.39, 0.29) is 0 Å². The Balaban J connectivity index is 2.29. The summed E-state index contributed by atoms with van der Waals surface area (Å²) in [5.74, 6) is -0.260. The summed E-state index contributed by atoms with van der Waals surface area (Å²) < 4.78 is 6.04. The van der Waals surface area contributed by atoms with Crippen molar-refractivity contribution in [3.05, 3.63) is 53.1 Å². The van der Waals surface area contributed by atoms with Crippen LogP contribution in [-0.2, 0) is 9.53 Å². The van der Waals surface area contributed by atoms with E-state index in [1.54, 1.807) is 0 Å². The molecule has 144 valence electrons. The molecular weight excluding hydrogens is 336 g/mol. The van der Waals surface area contributed by atoms with Crippen molar-refractivity contribution in [1.82, 2.24) is 0 Å². The van der Waals surface area contributed by atoms with Crippen molar-refractivity contribution < 1.29 is 14.6 Å². The van der Waals surface area contributed by atoms with E-state index in [1.807, 2.05) is 39.8 Å². The molecule has 0 fully saturated rings. The van der Waals surface area contributed by atoms with Crippen LogP contribution in [0.1, 0.15) is 69.8 Å². The SMILES string of the molecule is Cc1cc2ccccc2c(C2=CCC(C)CC2)c1C(OC(C)(C)C)C(=O)O. The van der Waals surface area contributed by atoms with E-state index in [1.165, 1.54) is 5.57 Å². The third-order valence-electron chi connectivity index (χ3n) is 5.25. The fourth-order valence-corrected chi connectivity index (χ4v) is 3.97. The number of hydrogen-bond acceptors (Lipinski definition) is 2. The van der Waals surface area contributed by atoms with Gasteiger partial charge in [-0.25, -0.2) is 4.79 Å². The van der Waals surface area contributed by atoms with Crippen LogP contribution in [0, 0.1) is 12.8 Å². The first-order valence-corrected chi connectivity index (χ1v) is 9.79. The summed E-state index contributed by atoms with van der Waals surface area (Å²) in [5.41, 5.74) is 3.55. The Kier molecular flexibility index (Phi) is 5.43. The molecule has 1 aliphatic rings. The second kappa shape index (κ2) is 7.47. The van der Waals surface area contributed by atoms with Gasteiger partial charge in [-0.15, -0.1) is 0 Å². The normalized spacial score (nSPS) is 19.0. The lowest BCUT2D eigenvalue weighted by Crippen LogP contribution is -2.28. The molecule has 0 heterocycles. The van der Waals surface area contributed by atoms with Crippen molar-refractivity contribution in [2.75, 3.05) is 0 Å². The summed E-state index contributed by atoms with van der Waals surface area (Å²) in [6.07, 6.45) is 4.46. The standard InChI is InChI=1S/C24H30O3/c1-15-10-12-17(13-11-15)21-19-9-7-6-8-18(19)14-16(2)20(21)22(23(25)26)27-24(3,4)5/h6-9,12,14-15,22H,10-11,13H2,1-5H3,(H,25,26). The Morgan fingerprint density at radius 1 is 1.26 bits per heavy atom. The Morgan fingerprint density at radius 2 is 1.96 bits per heavy atom. The Bertz CT molecular complexity index is 886. The lowest BCUT2D eigenvalue weighted by molar-refractivity contribution is -0.160. The summed E-state index contributed by atoms with van der Waals surface area (Å²) in [6, 6.07) is 10.3. The maximum Gasteiger partial charge on any atom is 0.337 e. The number of benzene rings is 2. The Labute approximate surface area is 162 Å². The van der Waals surface area contributed by atoms with Crippen LogP contribution in [0.3, 0.4) is 0 Å². The maximum absolute atomic E-state index is 12.2. The van der Waals surface area contributed by atoms with Gasteiger partial charge in [0.1, 0.15) is 0 Å². The summed E-state index contributed by atoms with van der Waals surface area (Å²) in [6.45, 7) is 9.98. The van der Waals surface area contributed by atoms with Crippen molar-refractivity contribution in [2.45, 2.75) is 65.6 Å². The van der Waals surface area contributed by atoms with Gasteiger partial charge in [0.05, 0.1) is 5.60 Å². The number of carbonyl (C=O) groups is 1. The molecule has 2 aromatic carbocycles. The van der Waals surface area contributed by atoms with Crippen molar-refractivity contribution in [3.8, 4) is 0 Å². The van der Waals surface area contributed by atoms with E-state index in [9.17, 15) is 9.90 Å².